The molecule has 0 aromatic heterocycles. The summed E-state index contributed by atoms with van der Waals surface area (Å²) in [5.74, 6) is 0. The van der Waals surface area contributed by atoms with Gasteiger partial charge in [-0.05, 0) is 53.0 Å². The lowest BCUT2D eigenvalue weighted by molar-refractivity contribution is 0.0515. The second-order valence-electron chi connectivity index (χ2n) is 9.75. The van der Waals surface area contributed by atoms with Crippen molar-refractivity contribution in [2.24, 2.45) is 5.41 Å². The standard InChI is InChI=1S/C27H40O3/c1-21(11-7-8-12-22(2)15-10-18-28)13-9-14-23(3)16-17-27-25(4,5)19-24(29)20-26(27,6)30-27/h7-9,11-14,16-17,24,28-29H,10,15,18-20H2,1-6H3. The van der Waals surface area contributed by atoms with Crippen LogP contribution in [0.3, 0.4) is 0 Å². The Bertz CT molecular complexity index is 778. The molecule has 0 aromatic rings. The highest BCUT2D eigenvalue weighted by Gasteiger charge is 2.74. The number of hydrogen-bond donors (Lipinski definition) is 2. The second kappa shape index (κ2) is 10.1. The normalized spacial score (nSPS) is 32.4. The van der Waals surface area contributed by atoms with Gasteiger partial charge in [-0.3, -0.25) is 0 Å². The van der Waals surface area contributed by atoms with E-state index in [0.717, 1.165) is 19.3 Å². The maximum Gasteiger partial charge on any atom is 0.121 e. The first-order valence-electron chi connectivity index (χ1n) is 11.1. The van der Waals surface area contributed by atoms with Gasteiger partial charge in [0.15, 0.2) is 0 Å². The number of hydrogen-bond acceptors (Lipinski definition) is 3. The van der Waals surface area contributed by atoms with Crippen LogP contribution < -0.4 is 0 Å². The van der Waals surface area contributed by atoms with Crippen molar-refractivity contribution in [2.45, 2.75) is 84.5 Å². The number of epoxide rings is 1. The first-order chi connectivity index (χ1) is 14.1. The Labute approximate surface area is 183 Å². The lowest BCUT2D eigenvalue weighted by atomic mass is 9.63. The van der Waals surface area contributed by atoms with Crippen molar-refractivity contribution < 1.29 is 14.9 Å². The summed E-state index contributed by atoms with van der Waals surface area (Å²) in [5.41, 5.74) is 3.02. The van der Waals surface area contributed by atoms with Crippen LogP contribution in [0, 0.1) is 5.41 Å². The Balaban J connectivity index is 1.93. The molecule has 2 rings (SSSR count). The monoisotopic (exact) mass is 412 g/mol. The largest absolute Gasteiger partial charge is 0.396 e. The number of rotatable bonds is 9. The molecule has 0 aromatic carbocycles. The summed E-state index contributed by atoms with van der Waals surface area (Å²) in [6, 6.07) is 0. The van der Waals surface area contributed by atoms with Gasteiger partial charge in [0.2, 0.25) is 0 Å². The average Bonchev–Trinajstić information content (AvgIpc) is 3.27. The molecule has 0 amide bonds. The van der Waals surface area contributed by atoms with Crippen LogP contribution in [0.5, 0.6) is 0 Å². The maximum atomic E-state index is 10.2. The fraction of sp³-hybridized carbons (Fsp3) is 0.556. The van der Waals surface area contributed by atoms with Crippen LogP contribution >= 0.6 is 0 Å². The van der Waals surface area contributed by atoms with E-state index in [1.165, 1.54) is 16.7 Å². The van der Waals surface area contributed by atoms with Crippen LogP contribution in [0.4, 0.5) is 0 Å². The fourth-order valence-corrected chi connectivity index (χ4v) is 4.66. The molecule has 1 heterocycles. The lowest BCUT2D eigenvalue weighted by Crippen LogP contribution is -2.46. The molecular weight excluding hydrogens is 372 g/mol. The SMILES string of the molecule is CC(C=CC=C(C)C=CC12OC1(C)CC(O)CC2(C)C)=CC=CC=C(C)CCCO. The van der Waals surface area contributed by atoms with Crippen LogP contribution in [0.25, 0.3) is 0 Å². The summed E-state index contributed by atoms with van der Waals surface area (Å²) >= 11 is 0. The molecule has 30 heavy (non-hydrogen) atoms. The predicted molar refractivity (Wildman–Crippen MR) is 126 cm³/mol. The Morgan fingerprint density at radius 3 is 2.23 bits per heavy atom. The summed E-state index contributed by atoms with van der Waals surface area (Å²) in [7, 11) is 0. The zero-order valence-electron chi connectivity index (χ0n) is 19.6. The summed E-state index contributed by atoms with van der Waals surface area (Å²) in [5, 5.41) is 19.0. The first-order valence-corrected chi connectivity index (χ1v) is 11.1. The Kier molecular flexibility index (Phi) is 8.27. The molecular formula is C27H40O3. The third-order valence-electron chi connectivity index (χ3n) is 6.39. The van der Waals surface area contributed by atoms with Crippen LogP contribution in [0.15, 0.2) is 71.4 Å². The van der Waals surface area contributed by atoms with Gasteiger partial charge in [-0.25, -0.2) is 0 Å². The molecule has 3 heteroatoms. The van der Waals surface area contributed by atoms with Gasteiger partial charge in [0, 0.05) is 18.4 Å². The van der Waals surface area contributed by atoms with Gasteiger partial charge in [-0.15, -0.1) is 0 Å². The molecule has 0 bridgehead atoms. The topological polar surface area (TPSA) is 53.0 Å². The van der Waals surface area contributed by atoms with Gasteiger partial charge >= 0.3 is 0 Å². The third kappa shape index (κ3) is 5.94. The minimum Gasteiger partial charge on any atom is -0.396 e. The molecule has 1 aliphatic carbocycles. The molecule has 0 spiro atoms. The summed E-state index contributed by atoms with van der Waals surface area (Å²) in [4.78, 5) is 0. The number of fused-ring (bicyclic) bond motifs is 1. The highest BCUT2D eigenvalue weighted by atomic mass is 16.6. The molecule has 1 saturated carbocycles. The summed E-state index contributed by atoms with van der Waals surface area (Å²) < 4.78 is 6.20. The van der Waals surface area contributed by atoms with Gasteiger partial charge < -0.3 is 14.9 Å². The van der Waals surface area contributed by atoms with Gasteiger partial charge in [0.25, 0.3) is 0 Å². The minimum atomic E-state index is -0.280. The van der Waals surface area contributed by atoms with E-state index < -0.39 is 0 Å². The van der Waals surface area contributed by atoms with E-state index in [1.54, 1.807) is 0 Å². The number of aliphatic hydroxyl groups is 2. The van der Waals surface area contributed by atoms with Crippen molar-refractivity contribution in [3.8, 4) is 0 Å². The van der Waals surface area contributed by atoms with Crippen molar-refractivity contribution in [3.05, 3.63) is 71.4 Å². The summed E-state index contributed by atoms with van der Waals surface area (Å²) in [6.45, 7) is 13.0. The van der Waals surface area contributed by atoms with E-state index in [9.17, 15) is 5.11 Å². The van der Waals surface area contributed by atoms with E-state index in [2.05, 4.69) is 84.1 Å². The fourth-order valence-electron chi connectivity index (χ4n) is 4.66. The quantitative estimate of drug-likeness (QED) is 0.362. The molecule has 3 nitrogen and oxygen atoms in total. The highest BCUT2D eigenvalue weighted by Crippen LogP contribution is 2.66. The van der Waals surface area contributed by atoms with E-state index in [1.807, 2.05) is 12.2 Å². The Morgan fingerprint density at radius 1 is 0.933 bits per heavy atom. The van der Waals surface area contributed by atoms with Crippen LogP contribution in [-0.4, -0.2) is 34.1 Å². The molecule has 3 atom stereocenters. The van der Waals surface area contributed by atoms with E-state index in [-0.39, 0.29) is 29.3 Å². The van der Waals surface area contributed by atoms with Crippen molar-refractivity contribution in [3.63, 3.8) is 0 Å². The van der Waals surface area contributed by atoms with Gasteiger partial charge in [-0.2, -0.15) is 0 Å². The zero-order chi connectivity index (χ0) is 22.4. The smallest absolute Gasteiger partial charge is 0.121 e. The first kappa shape index (κ1) is 24.6. The minimum absolute atomic E-state index is 0.0808. The number of allylic oxidation sites excluding steroid dienone is 11. The van der Waals surface area contributed by atoms with Crippen molar-refractivity contribution >= 4 is 0 Å². The maximum absolute atomic E-state index is 10.2. The zero-order valence-corrected chi connectivity index (χ0v) is 19.6. The predicted octanol–water partition coefficient (Wildman–Crippen LogP) is 5.98. The number of aliphatic hydroxyl groups excluding tert-OH is 2. The molecule has 1 saturated heterocycles. The van der Waals surface area contributed by atoms with Crippen molar-refractivity contribution in [2.75, 3.05) is 6.61 Å². The van der Waals surface area contributed by atoms with Crippen LogP contribution in [0.1, 0.15) is 67.2 Å². The average molecular weight is 413 g/mol. The molecule has 2 aliphatic rings. The Hall–Kier alpha value is -1.68. The molecule has 2 N–H and O–H groups in total. The molecule has 2 fully saturated rings. The van der Waals surface area contributed by atoms with Crippen LogP contribution in [-0.2, 0) is 4.74 Å². The molecule has 1 aliphatic heterocycles. The van der Waals surface area contributed by atoms with Gasteiger partial charge in [-0.1, -0.05) is 79.2 Å². The second-order valence-corrected chi connectivity index (χ2v) is 9.75. The summed E-state index contributed by atoms with van der Waals surface area (Å²) in [6.07, 6.45) is 21.8. The molecule has 166 valence electrons. The van der Waals surface area contributed by atoms with E-state index >= 15 is 0 Å². The van der Waals surface area contributed by atoms with Gasteiger partial charge in [0.05, 0.1) is 6.10 Å². The lowest BCUT2D eigenvalue weighted by Gasteiger charge is -2.39. The molecule has 3 unspecified atom stereocenters. The number of ether oxygens (including phenoxy) is 1. The Morgan fingerprint density at radius 2 is 1.57 bits per heavy atom. The van der Waals surface area contributed by atoms with E-state index in [0.29, 0.717) is 6.42 Å². The third-order valence-corrected chi connectivity index (χ3v) is 6.39. The van der Waals surface area contributed by atoms with Crippen molar-refractivity contribution in [1.82, 2.24) is 0 Å². The molecule has 0 radical (unpaired) electrons. The van der Waals surface area contributed by atoms with E-state index in [4.69, 9.17) is 9.84 Å². The van der Waals surface area contributed by atoms with Crippen molar-refractivity contribution in [1.29, 1.82) is 0 Å². The highest BCUT2D eigenvalue weighted by molar-refractivity contribution is 5.36. The van der Waals surface area contributed by atoms with Crippen LogP contribution in [0.2, 0.25) is 0 Å². The van der Waals surface area contributed by atoms with Gasteiger partial charge in [0.1, 0.15) is 11.2 Å².